The molecule has 1 aromatic carbocycles. The molecule has 2 aliphatic heterocycles. The fourth-order valence-corrected chi connectivity index (χ4v) is 3.47. The Morgan fingerprint density at radius 3 is 2.31 bits per heavy atom. The van der Waals surface area contributed by atoms with E-state index >= 15 is 0 Å². The fraction of sp³-hybridized carbons (Fsp3) is 0.567. The van der Waals surface area contributed by atoms with E-state index in [2.05, 4.69) is 57.7 Å². The largest absolute Gasteiger partial charge is 0.454 e. The average molecular weight is 501 g/mol. The summed E-state index contributed by atoms with van der Waals surface area (Å²) in [5.74, 6) is 4.48. The Labute approximate surface area is 220 Å². The lowest BCUT2D eigenvalue weighted by Gasteiger charge is -2.26. The van der Waals surface area contributed by atoms with Gasteiger partial charge in [-0.1, -0.05) is 56.9 Å². The number of hydrogen-bond acceptors (Lipinski definition) is 5. The van der Waals surface area contributed by atoms with Crippen LogP contribution in [0.15, 0.2) is 49.1 Å². The van der Waals surface area contributed by atoms with Crippen molar-refractivity contribution in [2.45, 2.75) is 79.2 Å². The number of para-hydroxylation sites is 2. The molecule has 2 aliphatic rings. The summed E-state index contributed by atoms with van der Waals surface area (Å²) < 4.78 is 10.2. The zero-order chi connectivity index (χ0) is 27.2. The lowest BCUT2D eigenvalue weighted by molar-refractivity contribution is -0.188. The van der Waals surface area contributed by atoms with Gasteiger partial charge in [0.1, 0.15) is 0 Å². The van der Waals surface area contributed by atoms with Crippen molar-refractivity contribution >= 4 is 5.91 Å². The fourth-order valence-electron chi connectivity index (χ4n) is 3.47. The SMILES string of the molecule is C#CC1CCCN1CC(=O)N(CCCC)OCCC.C=C.CCC=C(C)C.c1ccc2c(c1)OCO2. The smallest absolute Gasteiger partial charge is 0.260 e. The van der Waals surface area contributed by atoms with Gasteiger partial charge in [-0.3, -0.25) is 14.5 Å². The molecular weight excluding hydrogens is 452 g/mol. The molecule has 0 N–H and O–H groups in total. The maximum absolute atomic E-state index is 12.3. The number of hydroxylamine groups is 2. The molecule has 0 saturated carbocycles. The van der Waals surface area contributed by atoms with Crippen LogP contribution in [0, 0.1) is 12.3 Å². The molecule has 202 valence electrons. The minimum absolute atomic E-state index is 0.0315. The third kappa shape index (κ3) is 14.0. The summed E-state index contributed by atoms with van der Waals surface area (Å²) in [5, 5.41) is 1.53. The molecule has 0 bridgehead atoms. The molecule has 36 heavy (non-hydrogen) atoms. The third-order valence-corrected chi connectivity index (χ3v) is 5.23. The van der Waals surface area contributed by atoms with Gasteiger partial charge in [0.15, 0.2) is 11.5 Å². The zero-order valence-electron chi connectivity index (χ0n) is 23.3. The van der Waals surface area contributed by atoms with Gasteiger partial charge in [0.05, 0.1) is 19.2 Å². The van der Waals surface area contributed by atoms with Crippen LogP contribution < -0.4 is 9.47 Å². The number of hydrogen-bond donors (Lipinski definition) is 0. The molecule has 1 fully saturated rings. The highest BCUT2D eigenvalue weighted by molar-refractivity contribution is 5.77. The molecule has 6 nitrogen and oxygen atoms in total. The van der Waals surface area contributed by atoms with Gasteiger partial charge in [-0.25, -0.2) is 5.06 Å². The van der Waals surface area contributed by atoms with Crippen molar-refractivity contribution in [1.29, 1.82) is 0 Å². The van der Waals surface area contributed by atoms with Gasteiger partial charge >= 0.3 is 0 Å². The summed E-state index contributed by atoms with van der Waals surface area (Å²) in [6.45, 7) is 19.4. The normalized spacial score (nSPS) is 15.1. The van der Waals surface area contributed by atoms with E-state index in [-0.39, 0.29) is 11.9 Å². The van der Waals surface area contributed by atoms with Crippen LogP contribution in [0.2, 0.25) is 0 Å². The van der Waals surface area contributed by atoms with E-state index in [1.807, 2.05) is 31.2 Å². The number of terminal acetylenes is 1. The number of likely N-dealkylation sites (tertiary alicyclic amines) is 1. The number of fused-ring (bicyclic) bond motifs is 1. The summed E-state index contributed by atoms with van der Waals surface area (Å²) in [4.78, 5) is 19.9. The molecule has 0 aliphatic carbocycles. The van der Waals surface area contributed by atoms with Gasteiger partial charge in [-0.2, -0.15) is 0 Å². The number of nitrogens with zero attached hydrogens (tertiary/aromatic N) is 2. The van der Waals surface area contributed by atoms with Gasteiger partial charge < -0.3 is 9.47 Å². The van der Waals surface area contributed by atoms with Crippen molar-refractivity contribution in [1.82, 2.24) is 9.96 Å². The predicted molar refractivity (Wildman–Crippen MR) is 150 cm³/mol. The average Bonchev–Trinajstić information content (AvgIpc) is 3.55. The molecular formula is C30H48N2O4. The summed E-state index contributed by atoms with van der Waals surface area (Å²) >= 11 is 0. The van der Waals surface area contributed by atoms with Gasteiger partial charge in [-0.15, -0.1) is 19.6 Å². The second-order valence-electron chi connectivity index (χ2n) is 8.52. The van der Waals surface area contributed by atoms with Crippen LogP contribution in [0.3, 0.4) is 0 Å². The Bertz CT molecular complexity index is 752. The maximum Gasteiger partial charge on any atom is 0.260 e. The second-order valence-corrected chi connectivity index (χ2v) is 8.52. The number of carbonyl (C=O) groups is 1. The van der Waals surface area contributed by atoms with E-state index in [1.165, 1.54) is 17.1 Å². The number of amides is 1. The molecule has 1 atom stereocenters. The molecule has 1 aromatic rings. The number of ether oxygens (including phenoxy) is 2. The van der Waals surface area contributed by atoms with Gasteiger partial charge in [0.2, 0.25) is 6.79 Å². The molecule has 3 rings (SSSR count). The lowest BCUT2D eigenvalue weighted by Crippen LogP contribution is -2.42. The quantitative estimate of drug-likeness (QED) is 0.216. The molecule has 1 unspecified atom stereocenters. The van der Waals surface area contributed by atoms with Crippen LogP contribution in [0.5, 0.6) is 11.5 Å². The molecule has 0 spiro atoms. The van der Waals surface area contributed by atoms with Gasteiger partial charge in [0, 0.05) is 6.54 Å². The summed E-state index contributed by atoms with van der Waals surface area (Å²) in [6, 6.07) is 7.74. The van der Waals surface area contributed by atoms with Gasteiger partial charge in [0.25, 0.3) is 5.91 Å². The van der Waals surface area contributed by atoms with Crippen molar-refractivity contribution in [3.8, 4) is 23.8 Å². The molecule has 1 saturated heterocycles. The Morgan fingerprint density at radius 2 is 1.83 bits per heavy atom. The molecule has 1 amide bonds. The lowest BCUT2D eigenvalue weighted by atomic mass is 10.2. The van der Waals surface area contributed by atoms with Crippen LogP contribution in [0.4, 0.5) is 0 Å². The van der Waals surface area contributed by atoms with E-state index < -0.39 is 0 Å². The number of unbranched alkanes of at least 4 members (excludes halogenated alkanes) is 1. The van der Waals surface area contributed by atoms with E-state index in [1.54, 1.807) is 0 Å². The first-order chi connectivity index (χ1) is 17.5. The number of carbonyl (C=O) groups excluding carboxylic acids is 1. The van der Waals surface area contributed by atoms with Crippen LogP contribution in [-0.2, 0) is 9.63 Å². The van der Waals surface area contributed by atoms with Crippen LogP contribution in [0.25, 0.3) is 0 Å². The number of benzene rings is 1. The standard InChI is InChI=1S/C15H26N2O2.C7H6O2.C6H12.C2H4/c1-4-7-11-17(19-12-5-2)15(18)13-16-10-8-9-14(16)6-3;1-2-4-7-6(3-1)8-5-9-7;1-4-5-6(2)3;1-2/h3,14H,4-5,7-13H2,1-2H3;1-4H,5H2;5H,4H2,1-3H3;1-2H2. The Kier molecular flexibility index (Phi) is 19.9. The topological polar surface area (TPSA) is 51.2 Å². The molecule has 6 heteroatoms. The van der Waals surface area contributed by atoms with Crippen LogP contribution in [0.1, 0.15) is 73.1 Å². The van der Waals surface area contributed by atoms with Crippen molar-refractivity contribution in [2.24, 2.45) is 0 Å². The monoisotopic (exact) mass is 500 g/mol. The summed E-state index contributed by atoms with van der Waals surface area (Å²) in [6.07, 6.45) is 13.9. The zero-order valence-corrected chi connectivity index (χ0v) is 23.3. The highest BCUT2D eigenvalue weighted by atomic mass is 16.7. The van der Waals surface area contributed by atoms with Crippen molar-refractivity contribution in [2.75, 3.05) is 33.0 Å². The second kappa shape index (κ2) is 21.5. The maximum atomic E-state index is 12.3. The molecule has 0 aromatic heterocycles. The first kappa shape index (κ1) is 33.2. The minimum Gasteiger partial charge on any atom is -0.454 e. The van der Waals surface area contributed by atoms with Crippen LogP contribution in [-0.4, -0.2) is 54.9 Å². The Hall–Kier alpha value is -2.75. The number of allylic oxidation sites excluding steroid dienone is 2. The Balaban J connectivity index is 0.000000589. The predicted octanol–water partition coefficient (Wildman–Crippen LogP) is 6.63. The van der Waals surface area contributed by atoms with Gasteiger partial charge in [-0.05, 0) is 64.6 Å². The first-order valence-electron chi connectivity index (χ1n) is 13.1. The van der Waals surface area contributed by atoms with Crippen molar-refractivity contribution in [3.63, 3.8) is 0 Å². The van der Waals surface area contributed by atoms with Crippen molar-refractivity contribution < 1.29 is 19.1 Å². The van der Waals surface area contributed by atoms with Crippen molar-refractivity contribution in [3.05, 3.63) is 49.1 Å². The molecule has 0 radical (unpaired) electrons. The summed E-state index contributed by atoms with van der Waals surface area (Å²) in [7, 11) is 0. The molecule has 2 heterocycles. The van der Waals surface area contributed by atoms with Crippen LogP contribution >= 0.6 is 0 Å². The van der Waals surface area contributed by atoms with E-state index in [9.17, 15) is 4.79 Å². The minimum atomic E-state index is 0.0315. The third-order valence-electron chi connectivity index (χ3n) is 5.23. The van der Waals surface area contributed by atoms with E-state index in [4.69, 9.17) is 20.7 Å². The first-order valence-corrected chi connectivity index (χ1v) is 13.1. The van der Waals surface area contributed by atoms with E-state index in [0.29, 0.717) is 26.5 Å². The summed E-state index contributed by atoms with van der Waals surface area (Å²) in [5.41, 5.74) is 1.41. The van der Waals surface area contributed by atoms with E-state index in [0.717, 1.165) is 50.1 Å². The highest BCUT2D eigenvalue weighted by Gasteiger charge is 2.26. The highest BCUT2D eigenvalue weighted by Crippen LogP contribution is 2.30. The number of rotatable bonds is 9. The Morgan fingerprint density at radius 1 is 1.19 bits per heavy atom.